The maximum absolute atomic E-state index is 11.5. The number of methoxy groups -OCH3 is 1. The molecule has 0 unspecified atom stereocenters. The molecule has 5 heteroatoms. The Balaban J connectivity index is 1.77. The van der Waals surface area contributed by atoms with Crippen LogP contribution in [-0.4, -0.2) is 25.6 Å². The second kappa shape index (κ2) is 5.53. The average Bonchev–Trinajstić information content (AvgIpc) is 3.21. The van der Waals surface area contributed by atoms with E-state index in [0.717, 1.165) is 12.8 Å². The molecule has 1 aliphatic rings. The molecule has 1 aliphatic carbocycles. The van der Waals surface area contributed by atoms with Crippen molar-refractivity contribution in [2.45, 2.75) is 12.8 Å². The number of nitrogens with one attached hydrogen (secondary N) is 1. The molecule has 0 aliphatic heterocycles. The van der Waals surface area contributed by atoms with Gasteiger partial charge in [0.1, 0.15) is 5.75 Å². The van der Waals surface area contributed by atoms with E-state index in [1.54, 1.807) is 31.4 Å². The molecule has 0 bridgehead atoms. The Labute approximate surface area is 105 Å². The van der Waals surface area contributed by atoms with Crippen LogP contribution in [0.2, 0.25) is 0 Å². The molecule has 5 nitrogen and oxygen atoms in total. The summed E-state index contributed by atoms with van der Waals surface area (Å²) in [6.45, 7) is -0.235. The molecule has 0 atom stereocenters. The van der Waals surface area contributed by atoms with Gasteiger partial charge in [0.05, 0.1) is 13.0 Å². The van der Waals surface area contributed by atoms with Crippen LogP contribution >= 0.6 is 0 Å². The first-order valence-corrected chi connectivity index (χ1v) is 5.79. The number of carbonyl (C=O) groups excluding carboxylic acids is 2. The molecule has 0 heterocycles. The SMILES string of the molecule is COc1ccc(NC(=O)COC(=O)C2CC2)cc1. The Bertz CT molecular complexity index is 437. The first-order valence-electron chi connectivity index (χ1n) is 5.79. The van der Waals surface area contributed by atoms with Gasteiger partial charge in [-0.05, 0) is 37.1 Å². The summed E-state index contributed by atoms with van der Waals surface area (Å²) in [6, 6.07) is 6.93. The predicted octanol–water partition coefficient (Wildman–Crippen LogP) is 1.59. The lowest BCUT2D eigenvalue weighted by atomic mass is 10.3. The zero-order chi connectivity index (χ0) is 13.0. The van der Waals surface area contributed by atoms with Crippen LogP contribution in [0.5, 0.6) is 5.75 Å². The van der Waals surface area contributed by atoms with E-state index in [1.165, 1.54) is 0 Å². The Morgan fingerprint density at radius 1 is 1.28 bits per heavy atom. The molecule has 2 rings (SSSR count). The Kier molecular flexibility index (Phi) is 3.82. The molecule has 1 fully saturated rings. The maximum atomic E-state index is 11.5. The van der Waals surface area contributed by atoms with E-state index in [2.05, 4.69) is 5.32 Å². The van der Waals surface area contributed by atoms with Gasteiger partial charge < -0.3 is 14.8 Å². The molecule has 0 radical (unpaired) electrons. The molecule has 0 spiro atoms. The van der Waals surface area contributed by atoms with E-state index in [9.17, 15) is 9.59 Å². The molecule has 1 N–H and O–H groups in total. The zero-order valence-corrected chi connectivity index (χ0v) is 10.1. The van der Waals surface area contributed by atoms with Gasteiger partial charge in [-0.3, -0.25) is 9.59 Å². The number of ether oxygens (including phenoxy) is 2. The lowest BCUT2D eigenvalue weighted by molar-refractivity contribution is -0.148. The fraction of sp³-hybridized carbons (Fsp3) is 0.385. The largest absolute Gasteiger partial charge is 0.497 e. The van der Waals surface area contributed by atoms with Crippen LogP contribution in [0.1, 0.15) is 12.8 Å². The molecule has 96 valence electrons. The van der Waals surface area contributed by atoms with E-state index in [1.807, 2.05) is 0 Å². The first-order chi connectivity index (χ1) is 8.69. The number of amides is 1. The van der Waals surface area contributed by atoms with Crippen LogP contribution < -0.4 is 10.1 Å². The van der Waals surface area contributed by atoms with Crippen LogP contribution in [-0.2, 0) is 14.3 Å². The highest BCUT2D eigenvalue weighted by molar-refractivity contribution is 5.93. The van der Waals surface area contributed by atoms with Crippen LogP contribution in [0.15, 0.2) is 24.3 Å². The number of rotatable bonds is 5. The Hall–Kier alpha value is -2.04. The van der Waals surface area contributed by atoms with E-state index < -0.39 is 0 Å². The van der Waals surface area contributed by atoms with Crippen molar-refractivity contribution in [3.63, 3.8) is 0 Å². The summed E-state index contributed by atoms with van der Waals surface area (Å²) in [5, 5.41) is 2.64. The van der Waals surface area contributed by atoms with Crippen molar-refractivity contribution in [1.82, 2.24) is 0 Å². The summed E-state index contributed by atoms with van der Waals surface area (Å²) >= 11 is 0. The van der Waals surface area contributed by atoms with Gasteiger partial charge in [0.15, 0.2) is 6.61 Å². The summed E-state index contributed by atoms with van der Waals surface area (Å²) in [5.74, 6) is 0.112. The fourth-order valence-corrected chi connectivity index (χ4v) is 1.44. The van der Waals surface area contributed by atoms with Crippen molar-refractivity contribution < 1.29 is 19.1 Å². The molecular weight excluding hydrogens is 234 g/mol. The van der Waals surface area contributed by atoms with Crippen molar-refractivity contribution in [3.05, 3.63) is 24.3 Å². The predicted molar refractivity (Wildman–Crippen MR) is 65.3 cm³/mol. The molecule has 1 aromatic rings. The summed E-state index contributed by atoms with van der Waals surface area (Å²) in [4.78, 5) is 22.7. The highest BCUT2D eigenvalue weighted by Crippen LogP contribution is 2.29. The van der Waals surface area contributed by atoms with Crippen molar-refractivity contribution >= 4 is 17.6 Å². The third-order valence-corrected chi connectivity index (χ3v) is 2.63. The normalized spacial score (nSPS) is 13.8. The minimum Gasteiger partial charge on any atom is -0.497 e. The van der Waals surface area contributed by atoms with E-state index in [-0.39, 0.29) is 24.4 Å². The van der Waals surface area contributed by atoms with Crippen LogP contribution in [0.4, 0.5) is 5.69 Å². The third-order valence-electron chi connectivity index (χ3n) is 2.63. The quantitative estimate of drug-likeness (QED) is 0.805. The number of anilines is 1. The summed E-state index contributed by atoms with van der Waals surface area (Å²) in [5.41, 5.74) is 0.642. The van der Waals surface area contributed by atoms with E-state index in [0.29, 0.717) is 11.4 Å². The van der Waals surface area contributed by atoms with Gasteiger partial charge >= 0.3 is 5.97 Å². The third kappa shape index (κ3) is 3.48. The molecule has 1 amide bonds. The summed E-state index contributed by atoms with van der Waals surface area (Å²) in [7, 11) is 1.57. The fourth-order valence-electron chi connectivity index (χ4n) is 1.44. The molecule has 0 saturated heterocycles. The van der Waals surface area contributed by atoms with Gasteiger partial charge in [-0.25, -0.2) is 0 Å². The van der Waals surface area contributed by atoms with Crippen molar-refractivity contribution in [3.8, 4) is 5.75 Å². The molecular formula is C13H15NO4. The van der Waals surface area contributed by atoms with Gasteiger partial charge in [0.25, 0.3) is 5.91 Å². The molecule has 18 heavy (non-hydrogen) atoms. The number of hydrogen-bond donors (Lipinski definition) is 1. The molecule has 1 saturated carbocycles. The number of esters is 1. The zero-order valence-electron chi connectivity index (χ0n) is 10.1. The van der Waals surface area contributed by atoms with E-state index >= 15 is 0 Å². The minimum atomic E-state index is -0.339. The number of carbonyl (C=O) groups is 2. The lowest BCUT2D eigenvalue weighted by Gasteiger charge is -2.06. The van der Waals surface area contributed by atoms with Crippen molar-refractivity contribution in [2.24, 2.45) is 5.92 Å². The van der Waals surface area contributed by atoms with Gasteiger partial charge in [-0.1, -0.05) is 0 Å². The van der Waals surface area contributed by atoms with Gasteiger partial charge in [-0.2, -0.15) is 0 Å². The van der Waals surface area contributed by atoms with Crippen LogP contribution in [0, 0.1) is 5.92 Å². The smallest absolute Gasteiger partial charge is 0.309 e. The van der Waals surface area contributed by atoms with Gasteiger partial charge in [0, 0.05) is 5.69 Å². The Morgan fingerprint density at radius 2 is 1.94 bits per heavy atom. The number of benzene rings is 1. The second-order valence-electron chi connectivity index (χ2n) is 4.16. The second-order valence-corrected chi connectivity index (χ2v) is 4.16. The maximum Gasteiger partial charge on any atom is 0.309 e. The van der Waals surface area contributed by atoms with Crippen LogP contribution in [0.25, 0.3) is 0 Å². The number of hydrogen-bond acceptors (Lipinski definition) is 4. The standard InChI is InChI=1S/C13H15NO4/c1-17-11-6-4-10(5-7-11)14-12(15)8-18-13(16)9-2-3-9/h4-7,9H,2-3,8H2,1H3,(H,14,15). The minimum absolute atomic E-state index is 0.0128. The first kappa shape index (κ1) is 12.4. The highest BCUT2D eigenvalue weighted by Gasteiger charge is 2.31. The van der Waals surface area contributed by atoms with Crippen LogP contribution in [0.3, 0.4) is 0 Å². The molecule has 1 aromatic carbocycles. The van der Waals surface area contributed by atoms with Crippen molar-refractivity contribution in [1.29, 1.82) is 0 Å². The Morgan fingerprint density at radius 3 is 2.50 bits per heavy atom. The lowest BCUT2D eigenvalue weighted by Crippen LogP contribution is -2.21. The highest BCUT2D eigenvalue weighted by atomic mass is 16.5. The molecule has 0 aromatic heterocycles. The van der Waals surface area contributed by atoms with E-state index in [4.69, 9.17) is 9.47 Å². The average molecular weight is 249 g/mol. The summed E-state index contributed by atoms with van der Waals surface area (Å²) < 4.78 is 9.87. The van der Waals surface area contributed by atoms with Crippen molar-refractivity contribution in [2.75, 3.05) is 19.0 Å². The summed E-state index contributed by atoms with van der Waals surface area (Å²) in [6.07, 6.45) is 1.75. The van der Waals surface area contributed by atoms with Gasteiger partial charge in [-0.15, -0.1) is 0 Å². The monoisotopic (exact) mass is 249 g/mol. The topological polar surface area (TPSA) is 64.6 Å². The van der Waals surface area contributed by atoms with Gasteiger partial charge in [0.2, 0.25) is 0 Å².